The van der Waals surface area contributed by atoms with Crippen LogP contribution in [0, 0.1) is 0 Å². The molecule has 2 rings (SSSR count). The standard InChI is InChI=1S/C17H23NO3/c19-14-18-12-7-11-16(18)17(20)21-13-6-2-5-10-15-8-3-1-4-9-15/h1,3-4,8-9,14,16H,2,5-7,10-13H2. The highest BCUT2D eigenvalue weighted by Crippen LogP contribution is 2.16. The lowest BCUT2D eigenvalue weighted by atomic mass is 10.1. The van der Waals surface area contributed by atoms with Gasteiger partial charge in [0.25, 0.3) is 0 Å². The van der Waals surface area contributed by atoms with E-state index in [1.54, 1.807) is 0 Å². The normalized spacial score (nSPS) is 17.7. The lowest BCUT2D eigenvalue weighted by Crippen LogP contribution is -2.36. The van der Waals surface area contributed by atoms with Crippen molar-refractivity contribution in [3.63, 3.8) is 0 Å². The molecule has 1 saturated heterocycles. The average Bonchev–Trinajstić information content (AvgIpc) is 3.00. The molecule has 0 radical (unpaired) electrons. The number of ether oxygens (including phenoxy) is 1. The Hall–Kier alpha value is -1.84. The molecule has 1 atom stereocenters. The van der Waals surface area contributed by atoms with Crippen molar-refractivity contribution in [2.24, 2.45) is 0 Å². The molecule has 0 aliphatic carbocycles. The van der Waals surface area contributed by atoms with Gasteiger partial charge in [0.05, 0.1) is 6.61 Å². The molecule has 114 valence electrons. The summed E-state index contributed by atoms with van der Waals surface area (Å²) in [5, 5.41) is 0. The van der Waals surface area contributed by atoms with Crippen LogP contribution in [-0.2, 0) is 20.7 Å². The molecule has 1 amide bonds. The van der Waals surface area contributed by atoms with Gasteiger partial charge in [-0.2, -0.15) is 0 Å². The number of aryl methyl sites for hydroxylation is 1. The van der Waals surface area contributed by atoms with E-state index < -0.39 is 0 Å². The molecule has 1 aliphatic rings. The average molecular weight is 289 g/mol. The first-order valence-electron chi connectivity index (χ1n) is 7.73. The number of likely N-dealkylation sites (tertiary alicyclic amines) is 1. The number of hydrogen-bond donors (Lipinski definition) is 0. The van der Waals surface area contributed by atoms with E-state index in [4.69, 9.17) is 4.74 Å². The SMILES string of the molecule is O=CN1CCCC1C(=O)OCCCCCc1ccccc1. The number of benzene rings is 1. The molecule has 0 N–H and O–H groups in total. The van der Waals surface area contributed by atoms with Crippen LogP contribution in [0.25, 0.3) is 0 Å². The van der Waals surface area contributed by atoms with Gasteiger partial charge in [0.1, 0.15) is 6.04 Å². The van der Waals surface area contributed by atoms with Gasteiger partial charge >= 0.3 is 5.97 Å². The predicted octanol–water partition coefficient (Wildman–Crippen LogP) is 2.56. The molecule has 1 heterocycles. The van der Waals surface area contributed by atoms with E-state index in [1.807, 2.05) is 6.07 Å². The van der Waals surface area contributed by atoms with Crippen LogP contribution in [0.2, 0.25) is 0 Å². The maximum absolute atomic E-state index is 11.8. The van der Waals surface area contributed by atoms with E-state index in [0.717, 1.165) is 44.9 Å². The summed E-state index contributed by atoms with van der Waals surface area (Å²) in [4.78, 5) is 24.2. The van der Waals surface area contributed by atoms with E-state index in [2.05, 4.69) is 24.3 Å². The van der Waals surface area contributed by atoms with Gasteiger partial charge in [-0.05, 0) is 44.1 Å². The second-order valence-electron chi connectivity index (χ2n) is 5.47. The molecule has 0 aromatic heterocycles. The van der Waals surface area contributed by atoms with Crippen LogP contribution in [-0.4, -0.2) is 36.5 Å². The van der Waals surface area contributed by atoms with Gasteiger partial charge in [-0.1, -0.05) is 30.3 Å². The fourth-order valence-corrected chi connectivity index (χ4v) is 2.69. The number of nitrogens with zero attached hydrogens (tertiary/aromatic N) is 1. The van der Waals surface area contributed by atoms with Gasteiger partial charge in [0.15, 0.2) is 0 Å². The maximum Gasteiger partial charge on any atom is 0.328 e. The zero-order valence-electron chi connectivity index (χ0n) is 12.4. The Morgan fingerprint density at radius 2 is 2.05 bits per heavy atom. The van der Waals surface area contributed by atoms with Crippen molar-refractivity contribution >= 4 is 12.4 Å². The molecule has 0 bridgehead atoms. The van der Waals surface area contributed by atoms with Crippen molar-refractivity contribution in [1.82, 2.24) is 4.90 Å². The largest absolute Gasteiger partial charge is 0.464 e. The van der Waals surface area contributed by atoms with E-state index in [1.165, 1.54) is 10.5 Å². The van der Waals surface area contributed by atoms with Crippen molar-refractivity contribution in [2.75, 3.05) is 13.2 Å². The summed E-state index contributed by atoms with van der Waals surface area (Å²) < 4.78 is 5.27. The first kappa shape index (κ1) is 15.5. The lowest BCUT2D eigenvalue weighted by Gasteiger charge is -2.18. The Labute approximate surface area is 126 Å². The number of rotatable bonds is 8. The Morgan fingerprint density at radius 3 is 2.81 bits per heavy atom. The maximum atomic E-state index is 11.8. The molecular formula is C17H23NO3. The van der Waals surface area contributed by atoms with E-state index in [0.29, 0.717) is 13.2 Å². The van der Waals surface area contributed by atoms with Crippen molar-refractivity contribution in [1.29, 1.82) is 0 Å². The van der Waals surface area contributed by atoms with Crippen LogP contribution >= 0.6 is 0 Å². The summed E-state index contributed by atoms with van der Waals surface area (Å²) in [5.41, 5.74) is 1.35. The van der Waals surface area contributed by atoms with Gasteiger partial charge in [-0.3, -0.25) is 4.79 Å². The van der Waals surface area contributed by atoms with Crippen LogP contribution in [0.4, 0.5) is 0 Å². The van der Waals surface area contributed by atoms with Gasteiger partial charge in [0.2, 0.25) is 6.41 Å². The second kappa shape index (κ2) is 8.45. The van der Waals surface area contributed by atoms with Crippen LogP contribution in [0.15, 0.2) is 30.3 Å². The fourth-order valence-electron chi connectivity index (χ4n) is 2.69. The number of esters is 1. The van der Waals surface area contributed by atoms with Gasteiger partial charge in [-0.15, -0.1) is 0 Å². The Bertz CT molecular complexity index is 447. The van der Waals surface area contributed by atoms with Crippen molar-refractivity contribution in [3.8, 4) is 0 Å². The minimum Gasteiger partial charge on any atom is -0.464 e. The topological polar surface area (TPSA) is 46.6 Å². The van der Waals surface area contributed by atoms with E-state index in [9.17, 15) is 9.59 Å². The molecule has 21 heavy (non-hydrogen) atoms. The first-order valence-corrected chi connectivity index (χ1v) is 7.73. The van der Waals surface area contributed by atoms with Crippen LogP contribution in [0.5, 0.6) is 0 Å². The van der Waals surface area contributed by atoms with Crippen LogP contribution in [0.3, 0.4) is 0 Å². The summed E-state index contributed by atoms with van der Waals surface area (Å²) >= 11 is 0. The number of hydrogen-bond acceptors (Lipinski definition) is 3. The monoisotopic (exact) mass is 289 g/mol. The molecule has 1 aromatic carbocycles. The number of amides is 1. The molecule has 4 nitrogen and oxygen atoms in total. The molecule has 1 fully saturated rings. The molecule has 1 aliphatic heterocycles. The third-order valence-electron chi connectivity index (χ3n) is 3.90. The second-order valence-corrected chi connectivity index (χ2v) is 5.47. The summed E-state index contributed by atoms with van der Waals surface area (Å²) in [6.07, 6.45) is 6.46. The summed E-state index contributed by atoms with van der Waals surface area (Å²) in [6.45, 7) is 1.12. The smallest absolute Gasteiger partial charge is 0.328 e. The summed E-state index contributed by atoms with van der Waals surface area (Å²) in [5.74, 6) is -0.248. The Morgan fingerprint density at radius 1 is 1.24 bits per heavy atom. The Kier molecular flexibility index (Phi) is 6.25. The highest BCUT2D eigenvalue weighted by molar-refractivity contribution is 5.78. The molecule has 0 saturated carbocycles. The van der Waals surface area contributed by atoms with Crippen LogP contribution in [0.1, 0.15) is 37.7 Å². The minimum absolute atomic E-state index is 0.248. The summed E-state index contributed by atoms with van der Waals surface area (Å²) in [6, 6.07) is 10.0. The first-order chi connectivity index (χ1) is 10.3. The van der Waals surface area contributed by atoms with Crippen molar-refractivity contribution < 1.29 is 14.3 Å². The zero-order chi connectivity index (χ0) is 14.9. The molecule has 0 spiro atoms. The zero-order valence-corrected chi connectivity index (χ0v) is 12.4. The van der Waals surface area contributed by atoms with Gasteiger partial charge < -0.3 is 9.64 Å². The quantitative estimate of drug-likeness (QED) is 0.420. The predicted molar refractivity (Wildman–Crippen MR) is 80.7 cm³/mol. The Balaban J connectivity index is 1.55. The lowest BCUT2D eigenvalue weighted by molar-refractivity contribution is -0.151. The van der Waals surface area contributed by atoms with Crippen molar-refractivity contribution in [3.05, 3.63) is 35.9 Å². The number of carbonyl (C=O) groups is 2. The highest BCUT2D eigenvalue weighted by atomic mass is 16.5. The summed E-state index contributed by atoms with van der Waals surface area (Å²) in [7, 11) is 0. The third kappa shape index (κ3) is 4.88. The fraction of sp³-hybridized carbons (Fsp3) is 0.529. The highest BCUT2D eigenvalue weighted by Gasteiger charge is 2.30. The van der Waals surface area contributed by atoms with E-state index in [-0.39, 0.29) is 12.0 Å². The van der Waals surface area contributed by atoms with Gasteiger partial charge in [0, 0.05) is 6.54 Å². The number of carbonyl (C=O) groups excluding carboxylic acids is 2. The van der Waals surface area contributed by atoms with Crippen LogP contribution < -0.4 is 0 Å². The third-order valence-corrected chi connectivity index (χ3v) is 3.90. The minimum atomic E-state index is -0.355. The molecule has 1 unspecified atom stereocenters. The van der Waals surface area contributed by atoms with E-state index >= 15 is 0 Å². The molecular weight excluding hydrogens is 266 g/mol. The number of unbranched alkanes of at least 4 members (excludes halogenated alkanes) is 2. The molecule has 1 aromatic rings. The molecule has 4 heteroatoms. The van der Waals surface area contributed by atoms with Crippen molar-refractivity contribution in [2.45, 2.75) is 44.6 Å². The van der Waals surface area contributed by atoms with Gasteiger partial charge in [-0.25, -0.2) is 4.79 Å².